The van der Waals surface area contributed by atoms with Gasteiger partial charge in [-0.15, -0.1) is 0 Å². The minimum absolute atomic E-state index is 0.0304. The number of carbonyl (C=O) groups is 1. The van der Waals surface area contributed by atoms with E-state index in [1.54, 1.807) is 7.11 Å². The van der Waals surface area contributed by atoms with Gasteiger partial charge in [-0.3, -0.25) is 4.79 Å². The summed E-state index contributed by atoms with van der Waals surface area (Å²) in [5.74, 6) is 2.45. The van der Waals surface area contributed by atoms with Gasteiger partial charge in [0.15, 0.2) is 11.5 Å². The molecule has 0 aliphatic carbocycles. The van der Waals surface area contributed by atoms with E-state index in [-0.39, 0.29) is 17.9 Å². The van der Waals surface area contributed by atoms with Gasteiger partial charge in [0.2, 0.25) is 5.91 Å². The number of hydrogen-bond donors (Lipinski definition) is 1. The second-order valence-corrected chi connectivity index (χ2v) is 8.47. The van der Waals surface area contributed by atoms with Gasteiger partial charge in [0, 0.05) is 12.5 Å². The molecular formula is C28H37N3O3. The Morgan fingerprint density at radius 3 is 2.62 bits per heavy atom. The molecule has 1 amide bonds. The first-order chi connectivity index (χ1) is 16.5. The average molecular weight is 464 g/mol. The van der Waals surface area contributed by atoms with Crippen molar-refractivity contribution in [3.63, 3.8) is 0 Å². The zero-order chi connectivity index (χ0) is 24.5. The number of carbonyl (C=O) groups excluding carboxylic acids is 1. The van der Waals surface area contributed by atoms with E-state index in [0.717, 1.165) is 59.7 Å². The van der Waals surface area contributed by atoms with Crippen LogP contribution < -0.4 is 14.8 Å². The first-order valence-corrected chi connectivity index (χ1v) is 12.2. The van der Waals surface area contributed by atoms with Crippen LogP contribution in [0.25, 0.3) is 17.1 Å². The fourth-order valence-corrected chi connectivity index (χ4v) is 4.22. The summed E-state index contributed by atoms with van der Waals surface area (Å²) in [5, 5.41) is 3.17. The molecule has 1 aromatic heterocycles. The second kappa shape index (κ2) is 12.3. The third kappa shape index (κ3) is 5.99. The van der Waals surface area contributed by atoms with Crippen LogP contribution in [-0.2, 0) is 11.3 Å². The van der Waals surface area contributed by atoms with Gasteiger partial charge in [-0.05, 0) is 62.9 Å². The van der Waals surface area contributed by atoms with Crippen molar-refractivity contribution >= 4 is 23.0 Å². The number of nitrogens with zero attached hydrogens (tertiary/aromatic N) is 2. The summed E-state index contributed by atoms with van der Waals surface area (Å²) in [6, 6.07) is 13.9. The Balaban J connectivity index is 1.71. The van der Waals surface area contributed by atoms with E-state index in [1.807, 2.05) is 62.4 Å². The van der Waals surface area contributed by atoms with Crippen LogP contribution in [0.1, 0.15) is 64.4 Å². The molecule has 1 atom stereocenters. The third-order valence-corrected chi connectivity index (χ3v) is 6.12. The Morgan fingerprint density at radius 1 is 1.15 bits per heavy atom. The lowest BCUT2D eigenvalue weighted by molar-refractivity contribution is -0.125. The molecule has 3 rings (SSSR count). The van der Waals surface area contributed by atoms with Crippen LogP contribution in [-0.4, -0.2) is 29.2 Å². The summed E-state index contributed by atoms with van der Waals surface area (Å²) < 4.78 is 13.7. The number of rotatable bonds is 12. The zero-order valence-electron chi connectivity index (χ0n) is 21.0. The van der Waals surface area contributed by atoms with Gasteiger partial charge >= 0.3 is 0 Å². The Kier molecular flexibility index (Phi) is 9.14. The van der Waals surface area contributed by atoms with E-state index in [9.17, 15) is 4.79 Å². The Labute approximate surface area is 203 Å². The number of fused-ring (bicyclic) bond motifs is 1. The number of hydrogen-bond acceptors (Lipinski definition) is 4. The van der Waals surface area contributed by atoms with Crippen molar-refractivity contribution in [2.24, 2.45) is 5.92 Å². The summed E-state index contributed by atoms with van der Waals surface area (Å²) >= 11 is 0. The molecule has 34 heavy (non-hydrogen) atoms. The minimum Gasteiger partial charge on any atom is -0.493 e. The van der Waals surface area contributed by atoms with Crippen LogP contribution in [0.4, 0.5) is 0 Å². The van der Waals surface area contributed by atoms with Crippen molar-refractivity contribution in [1.82, 2.24) is 14.9 Å². The number of aromatic nitrogens is 2. The fourth-order valence-electron chi connectivity index (χ4n) is 4.22. The quantitative estimate of drug-likeness (QED) is 0.327. The first-order valence-electron chi connectivity index (χ1n) is 12.2. The molecule has 3 aromatic rings. The highest BCUT2D eigenvalue weighted by atomic mass is 16.5. The molecular weight excluding hydrogens is 426 g/mol. The zero-order valence-corrected chi connectivity index (χ0v) is 21.0. The molecule has 6 heteroatoms. The maximum absolute atomic E-state index is 12.7. The number of methoxy groups -OCH3 is 1. The number of benzene rings is 2. The van der Waals surface area contributed by atoms with Crippen molar-refractivity contribution in [3.8, 4) is 11.5 Å². The predicted molar refractivity (Wildman–Crippen MR) is 138 cm³/mol. The van der Waals surface area contributed by atoms with Crippen LogP contribution in [0.3, 0.4) is 0 Å². The summed E-state index contributed by atoms with van der Waals surface area (Å²) in [4.78, 5) is 17.5. The minimum atomic E-state index is -0.180. The van der Waals surface area contributed by atoms with Crippen molar-refractivity contribution in [2.75, 3.05) is 13.7 Å². The van der Waals surface area contributed by atoms with Crippen LogP contribution in [0.5, 0.6) is 11.5 Å². The van der Waals surface area contributed by atoms with Crippen molar-refractivity contribution < 1.29 is 14.3 Å². The van der Waals surface area contributed by atoms with Gasteiger partial charge in [-0.1, -0.05) is 44.2 Å². The van der Waals surface area contributed by atoms with Crippen LogP contribution in [0.15, 0.2) is 48.5 Å². The Morgan fingerprint density at radius 2 is 1.91 bits per heavy atom. The van der Waals surface area contributed by atoms with Gasteiger partial charge in [-0.25, -0.2) is 4.98 Å². The lowest BCUT2D eigenvalue weighted by Gasteiger charge is -2.19. The largest absolute Gasteiger partial charge is 0.493 e. The molecule has 0 saturated carbocycles. The number of imidazole rings is 1. The predicted octanol–water partition coefficient (Wildman–Crippen LogP) is 6.16. The highest BCUT2D eigenvalue weighted by Crippen LogP contribution is 2.29. The van der Waals surface area contributed by atoms with Gasteiger partial charge in [-0.2, -0.15) is 0 Å². The van der Waals surface area contributed by atoms with Crippen LogP contribution >= 0.6 is 0 Å². The molecule has 0 bridgehead atoms. The summed E-state index contributed by atoms with van der Waals surface area (Å²) in [6.45, 7) is 9.38. The molecule has 1 N–H and O–H groups in total. The molecule has 0 aliphatic heterocycles. The Hall–Kier alpha value is -3.28. The lowest BCUT2D eigenvalue weighted by atomic mass is 10.0. The summed E-state index contributed by atoms with van der Waals surface area (Å²) in [7, 11) is 1.66. The SMILES string of the molecule is C/C=C/c1ccc(OCCCn2c(C(C)NC(=O)C(CC)CC)nc3ccccc32)c(OC)c1. The number of nitrogens with one attached hydrogen (secondary N) is 1. The molecule has 0 spiro atoms. The van der Waals surface area contributed by atoms with Crippen molar-refractivity contribution in [3.05, 3.63) is 59.9 Å². The Bertz CT molecular complexity index is 1120. The van der Waals surface area contributed by atoms with E-state index >= 15 is 0 Å². The number of para-hydroxylation sites is 2. The maximum atomic E-state index is 12.7. The standard InChI is InChI=1S/C28H37N3O3/c1-6-12-21-15-16-25(26(19-21)33-5)34-18-11-17-31-24-14-10-9-13-23(24)30-27(31)20(4)29-28(32)22(7-2)8-3/h6,9-10,12-16,19-20,22H,7-8,11,17-18H2,1-5H3,(H,29,32)/b12-6+. The number of ether oxygens (including phenoxy) is 2. The van der Waals surface area contributed by atoms with E-state index in [2.05, 4.69) is 29.8 Å². The highest BCUT2D eigenvalue weighted by molar-refractivity contribution is 5.79. The molecule has 182 valence electrons. The van der Waals surface area contributed by atoms with Gasteiger partial charge in [0.1, 0.15) is 5.82 Å². The summed E-state index contributed by atoms with van der Waals surface area (Å²) in [6.07, 6.45) is 6.49. The molecule has 0 radical (unpaired) electrons. The van der Waals surface area contributed by atoms with E-state index in [4.69, 9.17) is 14.5 Å². The van der Waals surface area contributed by atoms with Crippen LogP contribution in [0.2, 0.25) is 0 Å². The number of aryl methyl sites for hydroxylation is 1. The van der Waals surface area contributed by atoms with E-state index in [0.29, 0.717) is 6.61 Å². The van der Waals surface area contributed by atoms with Crippen molar-refractivity contribution in [2.45, 2.75) is 59.5 Å². The molecule has 1 heterocycles. The van der Waals surface area contributed by atoms with Crippen molar-refractivity contribution in [1.29, 1.82) is 0 Å². The van der Waals surface area contributed by atoms with Gasteiger partial charge < -0.3 is 19.4 Å². The first kappa shape index (κ1) is 25.3. The highest BCUT2D eigenvalue weighted by Gasteiger charge is 2.21. The maximum Gasteiger partial charge on any atom is 0.223 e. The smallest absolute Gasteiger partial charge is 0.223 e. The second-order valence-electron chi connectivity index (χ2n) is 8.47. The molecule has 6 nitrogen and oxygen atoms in total. The molecule has 0 fully saturated rings. The lowest BCUT2D eigenvalue weighted by Crippen LogP contribution is -2.33. The topological polar surface area (TPSA) is 65.4 Å². The van der Waals surface area contributed by atoms with Gasteiger partial charge in [0.05, 0.1) is 30.8 Å². The van der Waals surface area contributed by atoms with Crippen LogP contribution in [0, 0.1) is 5.92 Å². The van der Waals surface area contributed by atoms with E-state index in [1.165, 1.54) is 0 Å². The van der Waals surface area contributed by atoms with E-state index < -0.39 is 0 Å². The summed E-state index contributed by atoms with van der Waals surface area (Å²) in [5.41, 5.74) is 3.07. The molecule has 1 unspecified atom stereocenters. The molecule has 0 saturated heterocycles. The van der Waals surface area contributed by atoms with Gasteiger partial charge in [0.25, 0.3) is 0 Å². The molecule has 0 aliphatic rings. The number of amides is 1. The molecule has 2 aromatic carbocycles. The normalized spacial score (nSPS) is 12.4. The third-order valence-electron chi connectivity index (χ3n) is 6.12. The monoisotopic (exact) mass is 463 g/mol. The fraction of sp³-hybridized carbons (Fsp3) is 0.429. The number of allylic oxidation sites excluding steroid dienone is 1. The average Bonchev–Trinajstić information content (AvgIpc) is 3.22.